The van der Waals surface area contributed by atoms with Gasteiger partial charge < -0.3 is 10.1 Å². The van der Waals surface area contributed by atoms with Crippen LogP contribution in [0.3, 0.4) is 0 Å². The van der Waals surface area contributed by atoms with E-state index in [0.717, 1.165) is 29.4 Å². The fraction of sp³-hybridized carbons (Fsp3) is 0.385. The molecule has 1 N–H and O–H groups in total. The number of ether oxygens (including phenoxy) is 1. The highest BCUT2D eigenvalue weighted by atomic mass is 32.1. The van der Waals surface area contributed by atoms with Gasteiger partial charge in [0, 0.05) is 12.1 Å². The van der Waals surface area contributed by atoms with Crippen LogP contribution in [0.25, 0.3) is 11.3 Å². The summed E-state index contributed by atoms with van der Waals surface area (Å²) in [6, 6.07) is 8.08. The summed E-state index contributed by atoms with van der Waals surface area (Å²) in [6.07, 6.45) is 2.80. The minimum absolute atomic E-state index is 0.439. The Morgan fingerprint density at radius 3 is 2.72 bits per heavy atom. The molecule has 0 amide bonds. The van der Waals surface area contributed by atoms with Crippen LogP contribution in [0.4, 0.5) is 5.82 Å². The average Bonchev–Trinajstić information content (AvgIpc) is 3.08. The van der Waals surface area contributed by atoms with Crippen LogP contribution in [-0.4, -0.2) is 21.4 Å². The van der Waals surface area contributed by atoms with Gasteiger partial charge in [0.2, 0.25) is 0 Å². The summed E-state index contributed by atoms with van der Waals surface area (Å²) in [7, 11) is 0. The van der Waals surface area contributed by atoms with E-state index in [2.05, 4.69) is 21.0 Å². The molecule has 1 aliphatic carbocycles. The van der Waals surface area contributed by atoms with Gasteiger partial charge in [-0.25, -0.2) is 0 Å². The first-order valence-electron chi connectivity index (χ1n) is 6.20. The van der Waals surface area contributed by atoms with Crippen molar-refractivity contribution in [1.29, 1.82) is 0 Å². The van der Waals surface area contributed by atoms with Crippen LogP contribution in [0.15, 0.2) is 24.3 Å². The second-order valence-electron chi connectivity index (χ2n) is 4.33. The first kappa shape index (κ1) is 11.5. The van der Waals surface area contributed by atoms with Crippen LogP contribution in [0, 0.1) is 0 Å². The summed E-state index contributed by atoms with van der Waals surface area (Å²) in [5.41, 5.74) is 1.99. The molecular formula is C13H15N3OS. The highest BCUT2D eigenvalue weighted by molar-refractivity contribution is 6.99. The van der Waals surface area contributed by atoms with Gasteiger partial charge in [0.1, 0.15) is 11.4 Å². The third kappa shape index (κ3) is 2.46. The quantitative estimate of drug-likeness (QED) is 0.898. The van der Waals surface area contributed by atoms with Crippen molar-refractivity contribution in [1.82, 2.24) is 8.75 Å². The van der Waals surface area contributed by atoms with E-state index >= 15 is 0 Å². The van der Waals surface area contributed by atoms with E-state index in [4.69, 9.17) is 4.74 Å². The predicted molar refractivity (Wildman–Crippen MR) is 73.2 cm³/mol. The highest BCUT2D eigenvalue weighted by Gasteiger charge is 2.23. The standard InChI is InChI=1S/C13H15N3OS/c1-2-14-13-12(15-18-16-13)9-3-5-10(6-4-9)17-11-7-8-11/h3-6,11H,2,7-8H2,1H3,(H,14,16). The van der Waals surface area contributed by atoms with Crippen LogP contribution < -0.4 is 10.1 Å². The van der Waals surface area contributed by atoms with Crippen molar-refractivity contribution in [2.75, 3.05) is 11.9 Å². The lowest BCUT2D eigenvalue weighted by molar-refractivity contribution is 0.303. The molecule has 0 radical (unpaired) electrons. The molecule has 1 fully saturated rings. The van der Waals surface area contributed by atoms with E-state index in [1.165, 1.54) is 24.6 Å². The van der Waals surface area contributed by atoms with Crippen LogP contribution in [-0.2, 0) is 0 Å². The second-order valence-corrected chi connectivity index (χ2v) is 4.86. The second kappa shape index (κ2) is 4.94. The number of nitrogens with zero attached hydrogens (tertiary/aromatic N) is 2. The minimum atomic E-state index is 0.439. The maximum absolute atomic E-state index is 5.73. The van der Waals surface area contributed by atoms with Crippen molar-refractivity contribution in [2.24, 2.45) is 0 Å². The summed E-state index contributed by atoms with van der Waals surface area (Å²) in [6.45, 7) is 2.90. The molecule has 94 valence electrons. The Labute approximate surface area is 110 Å². The first-order chi connectivity index (χ1) is 8.86. The molecule has 0 atom stereocenters. The third-order valence-electron chi connectivity index (χ3n) is 2.79. The van der Waals surface area contributed by atoms with E-state index in [1.54, 1.807) is 0 Å². The Balaban J connectivity index is 1.80. The van der Waals surface area contributed by atoms with Gasteiger partial charge in [0.25, 0.3) is 0 Å². The van der Waals surface area contributed by atoms with E-state index in [-0.39, 0.29) is 0 Å². The van der Waals surface area contributed by atoms with Crippen LogP contribution in [0.1, 0.15) is 19.8 Å². The SMILES string of the molecule is CCNc1nsnc1-c1ccc(OC2CC2)cc1. The molecule has 1 saturated carbocycles. The zero-order chi connectivity index (χ0) is 12.4. The molecule has 0 saturated heterocycles. The summed E-state index contributed by atoms with van der Waals surface area (Å²) >= 11 is 1.23. The maximum Gasteiger partial charge on any atom is 0.168 e. The number of rotatable bonds is 5. The van der Waals surface area contributed by atoms with Crippen molar-refractivity contribution >= 4 is 17.5 Å². The molecule has 18 heavy (non-hydrogen) atoms. The van der Waals surface area contributed by atoms with Gasteiger partial charge >= 0.3 is 0 Å². The van der Waals surface area contributed by atoms with Crippen molar-refractivity contribution in [2.45, 2.75) is 25.9 Å². The lowest BCUT2D eigenvalue weighted by Gasteiger charge is -2.05. The molecule has 4 nitrogen and oxygen atoms in total. The normalized spacial score (nSPS) is 14.5. The minimum Gasteiger partial charge on any atom is -0.490 e. The van der Waals surface area contributed by atoms with E-state index in [9.17, 15) is 0 Å². The molecule has 1 aromatic heterocycles. The monoisotopic (exact) mass is 261 g/mol. The van der Waals surface area contributed by atoms with Gasteiger partial charge in [0.15, 0.2) is 5.82 Å². The molecule has 0 unspecified atom stereocenters. The van der Waals surface area contributed by atoms with Crippen LogP contribution >= 0.6 is 11.7 Å². The van der Waals surface area contributed by atoms with Gasteiger partial charge in [-0.05, 0) is 44.0 Å². The molecule has 1 aromatic carbocycles. The summed E-state index contributed by atoms with van der Waals surface area (Å²) in [5.74, 6) is 1.80. The molecular weight excluding hydrogens is 246 g/mol. The molecule has 1 heterocycles. The Hall–Kier alpha value is -1.62. The Morgan fingerprint density at radius 2 is 2.06 bits per heavy atom. The van der Waals surface area contributed by atoms with Gasteiger partial charge in [-0.2, -0.15) is 8.75 Å². The zero-order valence-electron chi connectivity index (χ0n) is 10.2. The smallest absolute Gasteiger partial charge is 0.168 e. The molecule has 0 bridgehead atoms. The van der Waals surface area contributed by atoms with Gasteiger partial charge in [-0.3, -0.25) is 0 Å². The number of anilines is 1. The van der Waals surface area contributed by atoms with Crippen molar-refractivity contribution < 1.29 is 4.74 Å². The number of nitrogens with one attached hydrogen (secondary N) is 1. The van der Waals surface area contributed by atoms with Crippen molar-refractivity contribution in [3.63, 3.8) is 0 Å². The fourth-order valence-electron chi connectivity index (χ4n) is 1.73. The predicted octanol–water partition coefficient (Wildman–Crippen LogP) is 3.18. The van der Waals surface area contributed by atoms with E-state index in [0.29, 0.717) is 6.10 Å². The highest BCUT2D eigenvalue weighted by Crippen LogP contribution is 2.30. The number of aromatic nitrogens is 2. The Kier molecular flexibility index (Phi) is 3.15. The molecule has 2 aromatic rings. The molecule has 1 aliphatic rings. The molecule has 5 heteroatoms. The van der Waals surface area contributed by atoms with Gasteiger partial charge in [-0.1, -0.05) is 0 Å². The van der Waals surface area contributed by atoms with Crippen molar-refractivity contribution in [3.8, 4) is 17.0 Å². The number of hydrogen-bond donors (Lipinski definition) is 1. The average molecular weight is 261 g/mol. The van der Waals surface area contributed by atoms with E-state index in [1.807, 2.05) is 24.3 Å². The largest absolute Gasteiger partial charge is 0.490 e. The molecule has 0 aliphatic heterocycles. The maximum atomic E-state index is 5.73. The zero-order valence-corrected chi connectivity index (χ0v) is 11.0. The van der Waals surface area contributed by atoms with E-state index < -0.39 is 0 Å². The van der Waals surface area contributed by atoms with Crippen LogP contribution in [0.2, 0.25) is 0 Å². The lowest BCUT2D eigenvalue weighted by Crippen LogP contribution is -1.98. The molecule has 3 rings (SSSR count). The molecule has 0 spiro atoms. The third-order valence-corrected chi connectivity index (χ3v) is 3.32. The lowest BCUT2D eigenvalue weighted by atomic mass is 10.1. The van der Waals surface area contributed by atoms with Crippen molar-refractivity contribution in [3.05, 3.63) is 24.3 Å². The number of hydrogen-bond acceptors (Lipinski definition) is 5. The Bertz CT molecular complexity index is 519. The topological polar surface area (TPSA) is 47.0 Å². The fourth-order valence-corrected chi connectivity index (χ4v) is 2.28. The van der Waals surface area contributed by atoms with Gasteiger partial charge in [0.05, 0.1) is 17.8 Å². The summed E-state index contributed by atoms with van der Waals surface area (Å²) < 4.78 is 14.3. The Morgan fingerprint density at radius 1 is 1.28 bits per heavy atom. The van der Waals surface area contributed by atoms with Crippen LogP contribution in [0.5, 0.6) is 5.75 Å². The summed E-state index contributed by atoms with van der Waals surface area (Å²) in [4.78, 5) is 0. The number of benzene rings is 1. The first-order valence-corrected chi connectivity index (χ1v) is 6.93. The summed E-state index contributed by atoms with van der Waals surface area (Å²) in [5, 5.41) is 3.22. The van der Waals surface area contributed by atoms with Gasteiger partial charge in [-0.15, -0.1) is 0 Å².